The van der Waals surface area contributed by atoms with Crippen molar-refractivity contribution in [2.45, 2.75) is 37.8 Å². The number of hydrogen-bond donors (Lipinski definition) is 3. The summed E-state index contributed by atoms with van der Waals surface area (Å²) in [5, 5.41) is 13.1. The number of aliphatic hydroxyl groups excluding tert-OH is 1. The molecule has 1 aliphatic rings. The normalized spacial score (nSPS) is 22.0. The molecule has 1 fully saturated rings. The molecule has 1 aromatic carbocycles. The molecule has 2 aromatic heterocycles. The van der Waals surface area contributed by atoms with Crippen molar-refractivity contribution in [2.75, 3.05) is 18.9 Å². The quantitative estimate of drug-likeness (QED) is 0.201. The van der Waals surface area contributed by atoms with Crippen LogP contribution in [0, 0.1) is 12.3 Å². The number of nitrogens with two attached hydrogens (primary N) is 1. The van der Waals surface area contributed by atoms with Gasteiger partial charge in [-0.05, 0) is 19.1 Å². The highest BCUT2D eigenvalue weighted by Crippen LogP contribution is 2.46. The number of rotatable bonds is 10. The highest BCUT2D eigenvalue weighted by atomic mass is 31.2. The minimum Gasteiger partial charge on any atom is -0.451 e. The van der Waals surface area contributed by atoms with Crippen molar-refractivity contribution in [3.63, 3.8) is 0 Å². The number of nitrogen functional groups attached to an aromatic ring is 1. The summed E-state index contributed by atoms with van der Waals surface area (Å²) >= 11 is 0. The summed E-state index contributed by atoms with van der Waals surface area (Å²) in [6.07, 6.45) is 5.63. The summed E-state index contributed by atoms with van der Waals surface area (Å²) in [4.78, 5) is 24.4. The fraction of sp³-hybridized carbons (Fsp3) is 0.364. The maximum Gasteiger partial charge on any atom is 0.459 e. The maximum atomic E-state index is 13.6. The first kappa shape index (κ1) is 25.6. The molecule has 0 amide bonds. The first-order valence-electron chi connectivity index (χ1n) is 10.9. The molecule has 14 heteroatoms. The van der Waals surface area contributed by atoms with E-state index >= 15 is 0 Å². The second-order valence-corrected chi connectivity index (χ2v) is 9.57. The molecule has 3 aromatic rings. The lowest BCUT2D eigenvalue weighted by Crippen LogP contribution is -2.36. The Hall–Kier alpha value is -3.53. The average Bonchev–Trinajstić information content (AvgIpc) is 3.46. The monoisotopic (exact) mass is 516 g/mol. The second-order valence-electron chi connectivity index (χ2n) is 7.88. The number of hydrogen-bond acceptors (Lipinski definition) is 11. The van der Waals surface area contributed by atoms with Crippen molar-refractivity contribution in [2.24, 2.45) is 0 Å². The lowest BCUT2D eigenvalue weighted by atomic mass is 10.2. The summed E-state index contributed by atoms with van der Waals surface area (Å²) in [6.45, 7) is 0.876. The third kappa shape index (κ3) is 5.81. The predicted octanol–water partition coefficient (Wildman–Crippen LogP) is 1.42. The van der Waals surface area contributed by atoms with Gasteiger partial charge in [-0.25, -0.2) is 19.5 Å². The third-order valence-electron chi connectivity index (χ3n) is 5.28. The van der Waals surface area contributed by atoms with E-state index in [9.17, 15) is 14.5 Å². The van der Waals surface area contributed by atoms with Gasteiger partial charge in [0, 0.05) is 6.42 Å². The average molecular weight is 516 g/mol. The van der Waals surface area contributed by atoms with Gasteiger partial charge in [-0.2, -0.15) is 5.09 Å². The number of fused-ring (bicyclic) bond motifs is 1. The van der Waals surface area contributed by atoms with E-state index in [4.69, 9.17) is 30.7 Å². The van der Waals surface area contributed by atoms with Crippen LogP contribution in [0.5, 0.6) is 5.75 Å². The summed E-state index contributed by atoms with van der Waals surface area (Å²) in [5.74, 6) is 1.91. The predicted molar refractivity (Wildman–Crippen MR) is 127 cm³/mol. The molecule has 0 spiro atoms. The zero-order chi connectivity index (χ0) is 25.7. The SMILES string of the molecule is C#CCOC(=O)[C@H](C)N[P@](=O)(OC[C@H]1OC(n2cnc3c(N)ncnc32)C[C@@H]1O)Oc1ccccc1. The molecular weight excluding hydrogens is 491 g/mol. The van der Waals surface area contributed by atoms with E-state index < -0.39 is 38.2 Å². The molecule has 0 radical (unpaired) electrons. The minimum atomic E-state index is -4.14. The topological polar surface area (TPSA) is 173 Å². The van der Waals surface area contributed by atoms with E-state index in [1.54, 1.807) is 34.9 Å². The van der Waals surface area contributed by atoms with Gasteiger partial charge in [0.2, 0.25) is 0 Å². The zero-order valence-corrected chi connectivity index (χ0v) is 20.2. The highest BCUT2D eigenvalue weighted by molar-refractivity contribution is 7.52. The number of ether oxygens (including phenoxy) is 2. The van der Waals surface area contributed by atoms with E-state index in [0.717, 1.165) is 0 Å². The van der Waals surface area contributed by atoms with Gasteiger partial charge < -0.3 is 24.8 Å². The molecule has 0 bridgehead atoms. The van der Waals surface area contributed by atoms with Crippen LogP contribution in [0.3, 0.4) is 0 Å². The molecule has 36 heavy (non-hydrogen) atoms. The number of nitrogens with zero attached hydrogens (tertiary/aromatic N) is 4. The number of para-hydroxylation sites is 1. The van der Waals surface area contributed by atoms with Gasteiger partial charge in [-0.15, -0.1) is 6.42 Å². The lowest BCUT2D eigenvalue weighted by Gasteiger charge is -2.24. The summed E-state index contributed by atoms with van der Waals surface area (Å²) in [7, 11) is -4.14. The molecule has 190 valence electrons. The van der Waals surface area contributed by atoms with Crippen molar-refractivity contribution < 1.29 is 33.0 Å². The number of imidazole rings is 1. The van der Waals surface area contributed by atoms with Crippen molar-refractivity contribution in [1.82, 2.24) is 24.6 Å². The molecular formula is C22H25N6O7P. The van der Waals surface area contributed by atoms with Crippen LogP contribution in [-0.2, 0) is 23.4 Å². The number of carbonyl (C=O) groups excluding carboxylic acids is 1. The summed E-state index contributed by atoms with van der Waals surface area (Å²) in [6, 6.07) is 7.21. The molecule has 1 aliphatic heterocycles. The fourth-order valence-electron chi connectivity index (χ4n) is 3.53. The molecule has 5 atom stereocenters. The van der Waals surface area contributed by atoms with Crippen LogP contribution in [0.1, 0.15) is 19.6 Å². The third-order valence-corrected chi connectivity index (χ3v) is 6.93. The molecule has 1 unspecified atom stereocenters. The van der Waals surface area contributed by atoms with Crippen molar-refractivity contribution in [3.8, 4) is 18.1 Å². The van der Waals surface area contributed by atoms with Crippen LogP contribution >= 0.6 is 7.75 Å². The molecule has 3 heterocycles. The number of nitrogens with one attached hydrogen (secondary N) is 1. The Bertz CT molecular complexity index is 1300. The lowest BCUT2D eigenvalue weighted by molar-refractivity contribution is -0.143. The first-order valence-corrected chi connectivity index (χ1v) is 12.5. The van der Waals surface area contributed by atoms with E-state index in [-0.39, 0.29) is 31.2 Å². The van der Waals surface area contributed by atoms with E-state index in [2.05, 4.69) is 26.0 Å². The van der Waals surface area contributed by atoms with Crippen LogP contribution in [0.2, 0.25) is 0 Å². The van der Waals surface area contributed by atoms with Gasteiger partial charge in [0.15, 0.2) is 18.1 Å². The van der Waals surface area contributed by atoms with E-state index in [1.807, 2.05) is 0 Å². The van der Waals surface area contributed by atoms with Gasteiger partial charge in [-0.3, -0.25) is 13.9 Å². The van der Waals surface area contributed by atoms with E-state index in [1.165, 1.54) is 19.6 Å². The van der Waals surface area contributed by atoms with Gasteiger partial charge in [0.05, 0.1) is 19.0 Å². The Morgan fingerprint density at radius 1 is 1.39 bits per heavy atom. The number of esters is 1. The van der Waals surface area contributed by atoms with Gasteiger partial charge in [0.1, 0.15) is 36.0 Å². The fourth-order valence-corrected chi connectivity index (χ4v) is 5.03. The van der Waals surface area contributed by atoms with Crippen LogP contribution in [0.25, 0.3) is 11.2 Å². The van der Waals surface area contributed by atoms with Crippen LogP contribution in [0.4, 0.5) is 5.82 Å². The van der Waals surface area contributed by atoms with Crippen LogP contribution in [0.15, 0.2) is 43.0 Å². The molecule has 13 nitrogen and oxygen atoms in total. The van der Waals surface area contributed by atoms with Crippen molar-refractivity contribution >= 4 is 30.7 Å². The largest absolute Gasteiger partial charge is 0.459 e. The minimum absolute atomic E-state index is 0.190. The summed E-state index contributed by atoms with van der Waals surface area (Å²) < 4.78 is 37.2. The smallest absolute Gasteiger partial charge is 0.451 e. The number of aliphatic hydroxyl groups is 1. The number of anilines is 1. The molecule has 4 rings (SSSR count). The van der Waals surface area contributed by atoms with Crippen molar-refractivity contribution in [3.05, 3.63) is 43.0 Å². The molecule has 0 saturated carbocycles. The number of benzene rings is 1. The summed E-state index contributed by atoms with van der Waals surface area (Å²) in [5.41, 5.74) is 6.69. The number of terminal acetylenes is 1. The Kier molecular flexibility index (Phi) is 7.83. The van der Waals surface area contributed by atoms with Crippen LogP contribution in [-0.4, -0.2) is 62.1 Å². The van der Waals surface area contributed by atoms with Crippen molar-refractivity contribution in [1.29, 1.82) is 0 Å². The standard InChI is InChI=1S/C22H25N6O7P/c1-3-9-32-22(30)14(2)27-36(31,35-15-7-5-4-6-8-15)33-11-17-16(29)10-18(34-17)28-13-26-19-20(23)24-12-25-21(19)28/h1,4-8,12-14,16-18,29H,9-11H2,2H3,(H,27,31)(H2,23,24,25)/t14-,16-,17+,18?,36-/m0/s1. The molecule has 4 N–H and O–H groups in total. The Morgan fingerprint density at radius 3 is 2.92 bits per heavy atom. The number of aromatic nitrogens is 4. The van der Waals surface area contributed by atoms with Gasteiger partial charge in [0.25, 0.3) is 0 Å². The maximum absolute atomic E-state index is 13.6. The first-order chi connectivity index (χ1) is 17.3. The van der Waals surface area contributed by atoms with Gasteiger partial charge >= 0.3 is 13.7 Å². The highest BCUT2D eigenvalue weighted by Gasteiger charge is 2.39. The second kappa shape index (κ2) is 11.0. The van der Waals surface area contributed by atoms with Crippen LogP contribution < -0.4 is 15.3 Å². The molecule has 1 saturated heterocycles. The Labute approximate surface area is 206 Å². The molecule has 0 aliphatic carbocycles. The Morgan fingerprint density at radius 2 is 2.17 bits per heavy atom. The zero-order valence-electron chi connectivity index (χ0n) is 19.3. The van der Waals surface area contributed by atoms with Gasteiger partial charge in [-0.1, -0.05) is 24.1 Å². The Balaban J connectivity index is 1.46. The van der Waals surface area contributed by atoms with E-state index in [0.29, 0.717) is 11.2 Å². The number of carbonyl (C=O) groups is 1.